The number of amides is 1. The predicted octanol–water partition coefficient (Wildman–Crippen LogP) is 4.17. The van der Waals surface area contributed by atoms with Gasteiger partial charge in [-0.25, -0.2) is 4.98 Å². The van der Waals surface area contributed by atoms with E-state index in [0.29, 0.717) is 29.0 Å². The number of ether oxygens (including phenoxy) is 1. The van der Waals surface area contributed by atoms with Gasteiger partial charge in [-0.2, -0.15) is 9.50 Å². The lowest BCUT2D eigenvalue weighted by atomic mass is 10.1. The normalized spacial score (nSPS) is 10.9. The van der Waals surface area contributed by atoms with Crippen molar-refractivity contribution < 1.29 is 9.53 Å². The molecule has 0 saturated heterocycles. The van der Waals surface area contributed by atoms with Crippen LogP contribution in [0.3, 0.4) is 0 Å². The molecule has 36 heavy (non-hydrogen) atoms. The monoisotopic (exact) mass is 479 g/mol. The van der Waals surface area contributed by atoms with E-state index in [1.54, 1.807) is 38.3 Å². The number of nitrogens with zero attached hydrogens (tertiary/aromatic N) is 4. The third-order valence-electron chi connectivity index (χ3n) is 6.00. The average molecular weight is 480 g/mol. The summed E-state index contributed by atoms with van der Waals surface area (Å²) in [6, 6.07) is 26.2. The molecule has 0 saturated carbocycles. The average Bonchev–Trinajstić information content (AvgIpc) is 3.34. The summed E-state index contributed by atoms with van der Waals surface area (Å²) in [4.78, 5) is 37.6. The first-order valence-electron chi connectivity index (χ1n) is 11.6. The van der Waals surface area contributed by atoms with Crippen LogP contribution in [0.25, 0.3) is 5.78 Å². The molecule has 0 atom stereocenters. The Morgan fingerprint density at radius 1 is 0.944 bits per heavy atom. The summed E-state index contributed by atoms with van der Waals surface area (Å²) < 4.78 is 6.65. The first-order chi connectivity index (χ1) is 17.5. The molecule has 2 heterocycles. The first-order valence-corrected chi connectivity index (χ1v) is 11.6. The van der Waals surface area contributed by atoms with Gasteiger partial charge in [0.05, 0.1) is 19.3 Å². The molecule has 0 unspecified atom stereocenters. The van der Waals surface area contributed by atoms with E-state index in [2.05, 4.69) is 15.1 Å². The minimum absolute atomic E-state index is 0.209. The second kappa shape index (κ2) is 9.87. The molecule has 1 amide bonds. The van der Waals surface area contributed by atoms with Gasteiger partial charge in [-0.15, -0.1) is 0 Å². The molecular formula is C28H25N5O3. The van der Waals surface area contributed by atoms with E-state index in [1.165, 1.54) is 9.42 Å². The number of aryl methyl sites for hydroxylation is 1. The Balaban J connectivity index is 1.58. The minimum Gasteiger partial charge on any atom is -0.497 e. The summed E-state index contributed by atoms with van der Waals surface area (Å²) in [6.07, 6.45) is 0.451. The third-order valence-corrected chi connectivity index (χ3v) is 6.00. The van der Waals surface area contributed by atoms with Crippen LogP contribution in [0.5, 0.6) is 5.75 Å². The van der Waals surface area contributed by atoms with E-state index >= 15 is 0 Å². The van der Waals surface area contributed by atoms with Crippen LogP contribution in [-0.4, -0.2) is 32.6 Å². The molecule has 0 radical (unpaired) electrons. The Kier molecular flexibility index (Phi) is 6.32. The molecule has 3 aromatic carbocycles. The Morgan fingerprint density at radius 2 is 1.64 bits per heavy atom. The fourth-order valence-electron chi connectivity index (χ4n) is 4.10. The zero-order valence-corrected chi connectivity index (χ0v) is 20.0. The number of H-pyrrole nitrogens is 1. The van der Waals surface area contributed by atoms with Crippen molar-refractivity contribution >= 4 is 17.6 Å². The van der Waals surface area contributed by atoms with Crippen molar-refractivity contribution in [2.45, 2.75) is 19.9 Å². The number of carbonyl (C=O) groups is 1. The fourth-order valence-corrected chi connectivity index (χ4v) is 4.10. The SMILES string of the molecule is COc1cccc(CN(C(=O)c2ccccc2)c2nc3nc(C)c(Cc4ccccc4)c(=O)n3[nH]2)c1. The Labute approximate surface area is 207 Å². The van der Waals surface area contributed by atoms with E-state index in [0.717, 1.165) is 11.1 Å². The van der Waals surface area contributed by atoms with Gasteiger partial charge in [0, 0.05) is 17.5 Å². The summed E-state index contributed by atoms with van der Waals surface area (Å²) in [7, 11) is 1.60. The highest BCUT2D eigenvalue weighted by molar-refractivity contribution is 6.05. The quantitative estimate of drug-likeness (QED) is 0.378. The summed E-state index contributed by atoms with van der Waals surface area (Å²) in [6.45, 7) is 2.02. The molecule has 8 nitrogen and oxygen atoms in total. The number of aromatic amines is 1. The number of fused-ring (bicyclic) bond motifs is 1. The van der Waals surface area contributed by atoms with Gasteiger partial charge in [0.2, 0.25) is 5.95 Å². The van der Waals surface area contributed by atoms with Gasteiger partial charge in [0.1, 0.15) is 5.75 Å². The maximum absolute atomic E-state index is 13.6. The lowest BCUT2D eigenvalue weighted by Gasteiger charge is -2.20. The van der Waals surface area contributed by atoms with Gasteiger partial charge in [0.25, 0.3) is 17.2 Å². The first kappa shape index (κ1) is 23.0. The van der Waals surface area contributed by atoms with Crippen LogP contribution in [0, 0.1) is 6.92 Å². The summed E-state index contributed by atoms with van der Waals surface area (Å²) in [5, 5.41) is 3.02. The van der Waals surface area contributed by atoms with Crippen LogP contribution in [0.15, 0.2) is 89.7 Å². The molecule has 5 rings (SSSR count). The summed E-state index contributed by atoms with van der Waals surface area (Å²) in [5.41, 5.74) is 3.30. The highest BCUT2D eigenvalue weighted by Crippen LogP contribution is 2.20. The smallest absolute Gasteiger partial charge is 0.277 e. The number of hydrogen-bond donors (Lipinski definition) is 1. The molecule has 0 fully saturated rings. The van der Waals surface area contributed by atoms with E-state index in [9.17, 15) is 9.59 Å². The van der Waals surface area contributed by atoms with Crippen molar-refractivity contribution in [2.24, 2.45) is 0 Å². The zero-order chi connectivity index (χ0) is 25.1. The van der Waals surface area contributed by atoms with Crippen molar-refractivity contribution in [1.29, 1.82) is 0 Å². The fraction of sp³-hybridized carbons (Fsp3) is 0.143. The molecule has 180 valence electrons. The van der Waals surface area contributed by atoms with E-state index < -0.39 is 0 Å². The number of benzene rings is 3. The summed E-state index contributed by atoms with van der Waals surface area (Å²) >= 11 is 0. The van der Waals surface area contributed by atoms with E-state index in [-0.39, 0.29) is 29.7 Å². The van der Waals surface area contributed by atoms with Gasteiger partial charge >= 0.3 is 0 Å². The Morgan fingerprint density at radius 3 is 2.36 bits per heavy atom. The lowest BCUT2D eigenvalue weighted by Crippen LogP contribution is -2.31. The topological polar surface area (TPSA) is 92.6 Å². The van der Waals surface area contributed by atoms with Gasteiger partial charge in [-0.1, -0.05) is 60.7 Å². The number of nitrogens with one attached hydrogen (secondary N) is 1. The van der Waals surface area contributed by atoms with Crippen molar-refractivity contribution in [3.63, 3.8) is 0 Å². The van der Waals surface area contributed by atoms with Crippen LogP contribution in [-0.2, 0) is 13.0 Å². The minimum atomic E-state index is -0.258. The van der Waals surface area contributed by atoms with Crippen LogP contribution < -0.4 is 15.2 Å². The third kappa shape index (κ3) is 4.61. The molecule has 5 aromatic rings. The standard InChI is InChI=1S/C28H25N5O3/c1-19-24(17-20-10-5-3-6-11-20)26(35)33-27(29-19)30-28(31-33)32(25(34)22-13-7-4-8-14-22)18-21-12-9-15-23(16-21)36-2/h3-16H,17-18H2,1-2H3,(H,29,30,31). The second-order valence-corrected chi connectivity index (χ2v) is 8.43. The molecule has 0 aliphatic rings. The highest BCUT2D eigenvalue weighted by Gasteiger charge is 2.23. The molecule has 8 heteroatoms. The summed E-state index contributed by atoms with van der Waals surface area (Å²) in [5.74, 6) is 0.864. The van der Waals surface area contributed by atoms with Gasteiger partial charge in [-0.05, 0) is 42.3 Å². The zero-order valence-electron chi connectivity index (χ0n) is 20.0. The molecule has 2 aromatic heterocycles. The molecule has 0 spiro atoms. The van der Waals surface area contributed by atoms with Gasteiger partial charge in [-0.3, -0.25) is 19.6 Å². The number of hydrogen-bond acceptors (Lipinski definition) is 5. The van der Waals surface area contributed by atoms with Crippen LogP contribution >= 0.6 is 0 Å². The van der Waals surface area contributed by atoms with Crippen molar-refractivity contribution in [1.82, 2.24) is 19.6 Å². The van der Waals surface area contributed by atoms with Gasteiger partial charge < -0.3 is 4.74 Å². The van der Waals surface area contributed by atoms with Crippen LogP contribution in [0.1, 0.15) is 32.7 Å². The molecule has 0 aliphatic heterocycles. The van der Waals surface area contributed by atoms with Crippen LogP contribution in [0.4, 0.5) is 5.95 Å². The molecule has 1 N–H and O–H groups in total. The van der Waals surface area contributed by atoms with Gasteiger partial charge in [0.15, 0.2) is 0 Å². The number of aromatic nitrogens is 4. The Bertz CT molecular complexity index is 1580. The van der Waals surface area contributed by atoms with Crippen molar-refractivity contribution in [3.8, 4) is 5.75 Å². The number of carbonyl (C=O) groups excluding carboxylic acids is 1. The molecule has 0 aliphatic carbocycles. The largest absolute Gasteiger partial charge is 0.497 e. The number of rotatable bonds is 7. The highest BCUT2D eigenvalue weighted by atomic mass is 16.5. The van der Waals surface area contributed by atoms with Crippen molar-refractivity contribution in [2.75, 3.05) is 12.0 Å². The van der Waals surface area contributed by atoms with E-state index in [1.807, 2.05) is 60.7 Å². The Hall–Kier alpha value is -4.72. The maximum Gasteiger partial charge on any atom is 0.277 e. The lowest BCUT2D eigenvalue weighted by molar-refractivity contribution is 0.0983. The van der Waals surface area contributed by atoms with Crippen LogP contribution in [0.2, 0.25) is 0 Å². The maximum atomic E-state index is 13.6. The molecular weight excluding hydrogens is 454 g/mol. The van der Waals surface area contributed by atoms with Crippen molar-refractivity contribution in [3.05, 3.63) is 123 Å². The molecule has 0 bridgehead atoms. The van der Waals surface area contributed by atoms with E-state index in [4.69, 9.17) is 4.74 Å². The number of anilines is 1. The number of methoxy groups -OCH3 is 1. The predicted molar refractivity (Wildman–Crippen MR) is 138 cm³/mol. The second-order valence-electron chi connectivity index (χ2n) is 8.43.